The molecule has 160 valence electrons. The standard InChI is InChI=1S/C24H26N4O3/c29-22(18-28-11-10-20-8-4-5-9-21(20)24(28)31)25-16-23(30)27-14-12-26(13-15-27)17-19-6-2-1-3-7-19/h1-11H,12-18H2,(H,25,29). The van der Waals surface area contributed by atoms with Crippen LogP contribution in [-0.4, -0.2) is 58.9 Å². The van der Waals surface area contributed by atoms with Gasteiger partial charge in [0.1, 0.15) is 6.54 Å². The Balaban J connectivity index is 1.24. The monoisotopic (exact) mass is 418 g/mol. The van der Waals surface area contributed by atoms with E-state index in [-0.39, 0.29) is 30.5 Å². The van der Waals surface area contributed by atoms with Crippen LogP contribution >= 0.6 is 0 Å². The smallest absolute Gasteiger partial charge is 0.258 e. The number of pyridine rings is 1. The van der Waals surface area contributed by atoms with Gasteiger partial charge in [-0.15, -0.1) is 0 Å². The molecule has 4 rings (SSSR count). The minimum absolute atomic E-state index is 0.0557. The van der Waals surface area contributed by atoms with Crippen LogP contribution in [0.5, 0.6) is 0 Å². The molecule has 0 aliphatic carbocycles. The molecule has 0 spiro atoms. The first-order valence-electron chi connectivity index (χ1n) is 10.5. The highest BCUT2D eigenvalue weighted by atomic mass is 16.2. The number of nitrogens with one attached hydrogen (secondary N) is 1. The molecule has 1 aromatic heterocycles. The summed E-state index contributed by atoms with van der Waals surface area (Å²) in [6.07, 6.45) is 1.61. The highest BCUT2D eigenvalue weighted by Crippen LogP contribution is 2.09. The van der Waals surface area contributed by atoms with Gasteiger partial charge in [-0.3, -0.25) is 19.3 Å². The Morgan fingerprint density at radius 2 is 1.58 bits per heavy atom. The number of carbonyl (C=O) groups excluding carboxylic acids is 2. The van der Waals surface area contributed by atoms with E-state index < -0.39 is 0 Å². The minimum Gasteiger partial charge on any atom is -0.345 e. The van der Waals surface area contributed by atoms with Gasteiger partial charge in [-0.05, 0) is 23.1 Å². The van der Waals surface area contributed by atoms with Crippen molar-refractivity contribution in [3.05, 3.63) is 82.8 Å². The number of nitrogens with zero attached hydrogens (tertiary/aromatic N) is 3. The maximum absolute atomic E-state index is 12.5. The Kier molecular flexibility index (Phi) is 6.43. The summed E-state index contributed by atoms with van der Waals surface area (Å²) in [5.41, 5.74) is 1.05. The molecule has 2 amide bonds. The fourth-order valence-electron chi connectivity index (χ4n) is 3.85. The summed E-state index contributed by atoms with van der Waals surface area (Å²) in [6.45, 7) is 3.61. The first-order valence-corrected chi connectivity index (χ1v) is 10.5. The maximum Gasteiger partial charge on any atom is 0.258 e. The van der Waals surface area contributed by atoms with Crippen molar-refractivity contribution in [2.24, 2.45) is 0 Å². The number of fused-ring (bicyclic) bond motifs is 1. The molecule has 1 aliphatic rings. The Bertz CT molecular complexity index is 1120. The summed E-state index contributed by atoms with van der Waals surface area (Å²) in [5, 5.41) is 4.06. The Morgan fingerprint density at radius 3 is 2.35 bits per heavy atom. The van der Waals surface area contributed by atoms with Crippen LogP contribution in [0, 0.1) is 0 Å². The summed E-state index contributed by atoms with van der Waals surface area (Å²) in [5.74, 6) is -0.452. The van der Waals surface area contributed by atoms with Gasteiger partial charge in [-0.25, -0.2) is 0 Å². The molecule has 7 nitrogen and oxygen atoms in total. The van der Waals surface area contributed by atoms with E-state index in [1.54, 1.807) is 23.2 Å². The van der Waals surface area contributed by atoms with Crippen LogP contribution in [0.2, 0.25) is 0 Å². The highest BCUT2D eigenvalue weighted by molar-refractivity contribution is 5.85. The molecule has 3 aromatic rings. The van der Waals surface area contributed by atoms with Gasteiger partial charge in [0.15, 0.2) is 0 Å². The van der Waals surface area contributed by atoms with Crippen molar-refractivity contribution in [2.45, 2.75) is 13.1 Å². The molecule has 1 fully saturated rings. The van der Waals surface area contributed by atoms with Crippen molar-refractivity contribution in [2.75, 3.05) is 32.7 Å². The fraction of sp³-hybridized carbons (Fsp3) is 0.292. The molecule has 31 heavy (non-hydrogen) atoms. The maximum atomic E-state index is 12.5. The molecule has 0 saturated carbocycles. The number of amides is 2. The van der Waals surface area contributed by atoms with Crippen molar-refractivity contribution in [3.8, 4) is 0 Å². The van der Waals surface area contributed by atoms with Gasteiger partial charge in [0, 0.05) is 44.3 Å². The number of carbonyl (C=O) groups is 2. The van der Waals surface area contributed by atoms with Gasteiger partial charge >= 0.3 is 0 Å². The Hall–Kier alpha value is -3.45. The highest BCUT2D eigenvalue weighted by Gasteiger charge is 2.21. The van der Waals surface area contributed by atoms with Crippen LogP contribution in [0.25, 0.3) is 10.8 Å². The molecule has 1 N–H and O–H groups in total. The van der Waals surface area contributed by atoms with Crippen molar-refractivity contribution < 1.29 is 9.59 Å². The van der Waals surface area contributed by atoms with E-state index in [0.29, 0.717) is 18.5 Å². The normalized spacial score (nSPS) is 14.5. The van der Waals surface area contributed by atoms with Gasteiger partial charge in [0.2, 0.25) is 11.8 Å². The molecular formula is C24H26N4O3. The second-order valence-corrected chi connectivity index (χ2v) is 7.76. The average molecular weight is 418 g/mol. The molecule has 0 unspecified atom stereocenters. The van der Waals surface area contributed by atoms with Crippen LogP contribution in [0.1, 0.15) is 5.56 Å². The molecule has 2 aromatic carbocycles. The van der Waals surface area contributed by atoms with E-state index in [4.69, 9.17) is 0 Å². The van der Waals surface area contributed by atoms with Crippen molar-refractivity contribution >= 4 is 22.6 Å². The van der Waals surface area contributed by atoms with E-state index in [1.807, 2.05) is 36.4 Å². The first kappa shape index (κ1) is 20.8. The summed E-state index contributed by atoms with van der Waals surface area (Å²) >= 11 is 0. The average Bonchev–Trinajstić information content (AvgIpc) is 2.81. The van der Waals surface area contributed by atoms with Gasteiger partial charge in [-0.1, -0.05) is 48.5 Å². The largest absolute Gasteiger partial charge is 0.345 e. The van der Waals surface area contributed by atoms with Crippen LogP contribution in [0.15, 0.2) is 71.7 Å². The Labute approximate surface area is 180 Å². The first-order chi connectivity index (χ1) is 15.1. The minimum atomic E-state index is -0.353. The lowest BCUT2D eigenvalue weighted by Gasteiger charge is -2.34. The van der Waals surface area contributed by atoms with Crippen LogP contribution in [0.4, 0.5) is 0 Å². The number of hydrogen-bond donors (Lipinski definition) is 1. The summed E-state index contributed by atoms with van der Waals surface area (Å²) < 4.78 is 1.37. The zero-order valence-corrected chi connectivity index (χ0v) is 17.4. The number of hydrogen-bond acceptors (Lipinski definition) is 4. The van der Waals surface area contributed by atoms with Gasteiger partial charge in [0.05, 0.1) is 6.54 Å². The van der Waals surface area contributed by atoms with Crippen LogP contribution in [-0.2, 0) is 22.7 Å². The summed E-state index contributed by atoms with van der Waals surface area (Å²) in [6, 6.07) is 19.4. The van der Waals surface area contributed by atoms with Gasteiger partial charge in [-0.2, -0.15) is 0 Å². The zero-order valence-electron chi connectivity index (χ0n) is 17.4. The Morgan fingerprint density at radius 1 is 0.871 bits per heavy atom. The molecule has 0 atom stereocenters. The molecule has 1 saturated heterocycles. The molecule has 7 heteroatoms. The second-order valence-electron chi connectivity index (χ2n) is 7.76. The molecule has 0 bridgehead atoms. The van der Waals surface area contributed by atoms with Gasteiger partial charge in [0.25, 0.3) is 5.56 Å². The van der Waals surface area contributed by atoms with Crippen LogP contribution < -0.4 is 10.9 Å². The van der Waals surface area contributed by atoms with E-state index in [2.05, 4.69) is 22.3 Å². The molecule has 0 radical (unpaired) electrons. The molecular weight excluding hydrogens is 392 g/mol. The van der Waals surface area contributed by atoms with E-state index in [0.717, 1.165) is 25.0 Å². The summed E-state index contributed by atoms with van der Waals surface area (Å²) in [7, 11) is 0. The molecule has 1 aliphatic heterocycles. The van der Waals surface area contributed by atoms with Crippen molar-refractivity contribution in [1.29, 1.82) is 0 Å². The van der Waals surface area contributed by atoms with Crippen LogP contribution in [0.3, 0.4) is 0 Å². The van der Waals surface area contributed by atoms with E-state index in [9.17, 15) is 14.4 Å². The quantitative estimate of drug-likeness (QED) is 0.658. The van der Waals surface area contributed by atoms with Crippen molar-refractivity contribution in [1.82, 2.24) is 19.7 Å². The lowest BCUT2D eigenvalue weighted by molar-refractivity contribution is -0.134. The van der Waals surface area contributed by atoms with Crippen molar-refractivity contribution in [3.63, 3.8) is 0 Å². The van der Waals surface area contributed by atoms with E-state index in [1.165, 1.54) is 10.1 Å². The zero-order chi connectivity index (χ0) is 21.6. The van der Waals surface area contributed by atoms with E-state index >= 15 is 0 Å². The second kappa shape index (κ2) is 9.57. The SMILES string of the molecule is O=C(Cn1ccc2ccccc2c1=O)NCC(=O)N1CCN(Cc2ccccc2)CC1. The summed E-state index contributed by atoms with van der Waals surface area (Å²) in [4.78, 5) is 41.4. The lowest BCUT2D eigenvalue weighted by atomic mass is 10.2. The number of rotatable bonds is 6. The van der Waals surface area contributed by atoms with Gasteiger partial charge < -0.3 is 14.8 Å². The topological polar surface area (TPSA) is 74.6 Å². The lowest BCUT2D eigenvalue weighted by Crippen LogP contribution is -2.51. The third-order valence-corrected chi connectivity index (χ3v) is 5.61. The fourth-order valence-corrected chi connectivity index (χ4v) is 3.85. The third kappa shape index (κ3) is 5.19. The number of aromatic nitrogens is 1. The number of piperazine rings is 1. The third-order valence-electron chi connectivity index (χ3n) is 5.61. The predicted molar refractivity (Wildman–Crippen MR) is 120 cm³/mol. The predicted octanol–water partition coefficient (Wildman–Crippen LogP) is 1.46. The number of benzene rings is 2. The molecule has 2 heterocycles.